The molecule has 4 heteroatoms. The van der Waals surface area contributed by atoms with Crippen molar-refractivity contribution in [1.29, 1.82) is 0 Å². The molecule has 0 radical (unpaired) electrons. The van der Waals surface area contributed by atoms with Crippen molar-refractivity contribution < 1.29 is 14.3 Å². The van der Waals surface area contributed by atoms with Crippen LogP contribution in [0.4, 0.5) is 0 Å². The lowest BCUT2D eigenvalue weighted by molar-refractivity contribution is -0.138. The summed E-state index contributed by atoms with van der Waals surface area (Å²) >= 11 is 0. The Kier molecular flexibility index (Phi) is 4.02. The maximum Gasteiger partial charge on any atom is 0.228 e. The maximum absolute atomic E-state index is 13.0. The van der Waals surface area contributed by atoms with E-state index in [4.69, 9.17) is 9.47 Å². The molecule has 3 aliphatic rings. The Labute approximate surface area is 137 Å². The van der Waals surface area contributed by atoms with Gasteiger partial charge in [0.05, 0.1) is 25.2 Å². The first-order chi connectivity index (χ1) is 11.2. The number of amides is 1. The molecule has 0 aliphatic carbocycles. The van der Waals surface area contributed by atoms with Gasteiger partial charge in [-0.1, -0.05) is 12.1 Å². The van der Waals surface area contributed by atoms with Gasteiger partial charge in [-0.2, -0.15) is 0 Å². The van der Waals surface area contributed by atoms with E-state index in [1.807, 2.05) is 12.1 Å². The highest BCUT2D eigenvalue weighted by Gasteiger charge is 2.47. The predicted molar refractivity (Wildman–Crippen MR) is 87.4 cm³/mol. The number of methoxy groups -OCH3 is 1. The Balaban J connectivity index is 1.45. The zero-order valence-corrected chi connectivity index (χ0v) is 13.7. The van der Waals surface area contributed by atoms with Gasteiger partial charge in [-0.15, -0.1) is 0 Å². The number of hydrogen-bond donors (Lipinski definition) is 0. The highest BCUT2D eigenvalue weighted by molar-refractivity contribution is 5.80. The van der Waals surface area contributed by atoms with Crippen LogP contribution < -0.4 is 4.74 Å². The van der Waals surface area contributed by atoms with Gasteiger partial charge in [0.1, 0.15) is 5.75 Å². The summed E-state index contributed by atoms with van der Waals surface area (Å²) in [6.45, 7) is 0.904. The summed E-state index contributed by atoms with van der Waals surface area (Å²) in [5.74, 6) is 1.34. The molecule has 0 N–H and O–H groups in total. The minimum Gasteiger partial charge on any atom is -0.497 e. The van der Waals surface area contributed by atoms with Crippen LogP contribution in [-0.2, 0) is 16.0 Å². The summed E-state index contributed by atoms with van der Waals surface area (Å²) in [6.07, 6.45) is 6.80. The van der Waals surface area contributed by atoms with E-state index in [0.29, 0.717) is 18.1 Å². The van der Waals surface area contributed by atoms with Gasteiger partial charge in [0.15, 0.2) is 0 Å². The maximum atomic E-state index is 13.0. The van der Waals surface area contributed by atoms with Gasteiger partial charge in [-0.05, 0) is 56.2 Å². The van der Waals surface area contributed by atoms with Gasteiger partial charge in [0.25, 0.3) is 0 Å². The second kappa shape index (κ2) is 6.16. The lowest BCUT2D eigenvalue weighted by atomic mass is 9.88. The molecule has 4 atom stereocenters. The molecule has 0 unspecified atom stereocenters. The van der Waals surface area contributed by atoms with E-state index in [9.17, 15) is 4.79 Å². The third-order valence-electron chi connectivity index (χ3n) is 5.69. The van der Waals surface area contributed by atoms with Gasteiger partial charge in [0.2, 0.25) is 5.91 Å². The first-order valence-electron chi connectivity index (χ1n) is 8.83. The summed E-state index contributed by atoms with van der Waals surface area (Å²) < 4.78 is 11.2. The molecule has 3 aliphatic heterocycles. The Morgan fingerprint density at radius 2 is 2.26 bits per heavy atom. The number of nitrogens with zero attached hydrogens (tertiary/aromatic N) is 1. The van der Waals surface area contributed by atoms with E-state index < -0.39 is 0 Å². The fourth-order valence-corrected chi connectivity index (χ4v) is 4.52. The fourth-order valence-electron chi connectivity index (χ4n) is 4.52. The topological polar surface area (TPSA) is 38.8 Å². The molecule has 4 nitrogen and oxygen atoms in total. The molecule has 0 saturated carbocycles. The standard InChI is InChI=1S/C19H25NO3/c1-22-15-6-2-4-13(11-15)10-14-5-3-9-20(14)19(21)17-12-16-7-8-18(17)23-16/h2,4,6,11,14,16-18H,3,5,7-10,12H2,1H3/t14-,16+,17+,18+/m0/s1. The molecule has 4 rings (SSSR count). The molecule has 1 aromatic rings. The van der Waals surface area contributed by atoms with Crippen molar-refractivity contribution >= 4 is 5.91 Å². The van der Waals surface area contributed by atoms with Crippen molar-refractivity contribution in [3.8, 4) is 5.75 Å². The van der Waals surface area contributed by atoms with Gasteiger partial charge in [0, 0.05) is 12.6 Å². The Morgan fingerprint density at radius 1 is 1.35 bits per heavy atom. The van der Waals surface area contributed by atoms with Gasteiger partial charge in [-0.3, -0.25) is 4.79 Å². The number of carbonyl (C=O) groups is 1. The van der Waals surface area contributed by atoms with Crippen LogP contribution in [0.25, 0.3) is 0 Å². The first kappa shape index (κ1) is 15.0. The van der Waals surface area contributed by atoms with E-state index in [0.717, 1.165) is 50.8 Å². The van der Waals surface area contributed by atoms with Crippen molar-refractivity contribution in [2.75, 3.05) is 13.7 Å². The smallest absolute Gasteiger partial charge is 0.228 e. The lowest BCUT2D eigenvalue weighted by Gasteiger charge is -2.29. The summed E-state index contributed by atoms with van der Waals surface area (Å²) in [6, 6.07) is 8.53. The van der Waals surface area contributed by atoms with E-state index >= 15 is 0 Å². The number of rotatable bonds is 4. The summed E-state index contributed by atoms with van der Waals surface area (Å²) in [7, 11) is 1.69. The number of carbonyl (C=O) groups excluding carboxylic acids is 1. The zero-order chi connectivity index (χ0) is 15.8. The summed E-state index contributed by atoms with van der Waals surface area (Å²) in [4.78, 5) is 15.1. The average molecular weight is 315 g/mol. The molecular formula is C19H25NO3. The van der Waals surface area contributed by atoms with Crippen molar-refractivity contribution in [2.24, 2.45) is 5.92 Å². The van der Waals surface area contributed by atoms with Gasteiger partial charge < -0.3 is 14.4 Å². The molecule has 1 amide bonds. The van der Waals surface area contributed by atoms with Crippen LogP contribution in [0.3, 0.4) is 0 Å². The van der Waals surface area contributed by atoms with Crippen molar-refractivity contribution in [2.45, 2.75) is 56.8 Å². The molecule has 2 bridgehead atoms. The highest BCUT2D eigenvalue weighted by Crippen LogP contribution is 2.40. The number of fused-ring (bicyclic) bond motifs is 2. The van der Waals surface area contributed by atoms with Crippen LogP contribution in [0.1, 0.15) is 37.7 Å². The molecule has 1 aromatic carbocycles. The number of benzene rings is 1. The molecule has 0 spiro atoms. The lowest BCUT2D eigenvalue weighted by Crippen LogP contribution is -2.43. The molecule has 3 heterocycles. The van der Waals surface area contributed by atoms with Crippen LogP contribution in [0.5, 0.6) is 5.75 Å². The summed E-state index contributed by atoms with van der Waals surface area (Å²) in [5, 5.41) is 0. The van der Waals surface area contributed by atoms with Crippen LogP contribution in [0.15, 0.2) is 24.3 Å². The minimum absolute atomic E-state index is 0.111. The van der Waals surface area contributed by atoms with Crippen LogP contribution in [-0.4, -0.2) is 42.7 Å². The molecule has 3 fully saturated rings. The van der Waals surface area contributed by atoms with Crippen molar-refractivity contribution in [3.05, 3.63) is 29.8 Å². The summed E-state index contributed by atoms with van der Waals surface area (Å²) in [5.41, 5.74) is 1.25. The Bertz CT molecular complexity index is 588. The van der Waals surface area contributed by atoms with E-state index in [1.165, 1.54) is 5.56 Å². The number of hydrogen-bond acceptors (Lipinski definition) is 3. The number of ether oxygens (including phenoxy) is 2. The Morgan fingerprint density at radius 3 is 3.00 bits per heavy atom. The molecule has 124 valence electrons. The van der Waals surface area contributed by atoms with E-state index in [1.54, 1.807) is 7.11 Å². The SMILES string of the molecule is COc1cccc(C[C@@H]2CCCN2C(=O)[C@@H]2C[C@H]3CC[C@H]2O3)c1. The third-order valence-corrected chi connectivity index (χ3v) is 5.69. The van der Waals surface area contributed by atoms with Crippen molar-refractivity contribution in [1.82, 2.24) is 4.90 Å². The van der Waals surface area contributed by atoms with Crippen LogP contribution in [0, 0.1) is 5.92 Å². The Hall–Kier alpha value is -1.55. The fraction of sp³-hybridized carbons (Fsp3) is 0.632. The van der Waals surface area contributed by atoms with E-state index in [2.05, 4.69) is 17.0 Å². The normalized spacial score (nSPS) is 32.5. The predicted octanol–water partition coefficient (Wildman–Crippen LogP) is 2.80. The second-order valence-corrected chi connectivity index (χ2v) is 7.10. The van der Waals surface area contributed by atoms with Crippen LogP contribution in [0.2, 0.25) is 0 Å². The molecule has 23 heavy (non-hydrogen) atoms. The average Bonchev–Trinajstić information content (AvgIpc) is 3.31. The second-order valence-electron chi connectivity index (χ2n) is 7.10. The molecule has 3 saturated heterocycles. The zero-order valence-electron chi connectivity index (χ0n) is 13.7. The van der Waals surface area contributed by atoms with Gasteiger partial charge >= 0.3 is 0 Å². The third kappa shape index (κ3) is 2.85. The van der Waals surface area contributed by atoms with Crippen molar-refractivity contribution in [3.63, 3.8) is 0 Å². The van der Waals surface area contributed by atoms with Crippen LogP contribution >= 0.6 is 0 Å². The highest BCUT2D eigenvalue weighted by atomic mass is 16.5. The van der Waals surface area contributed by atoms with E-state index in [-0.39, 0.29) is 12.0 Å². The van der Waals surface area contributed by atoms with Gasteiger partial charge in [-0.25, -0.2) is 0 Å². The molecular weight excluding hydrogens is 290 g/mol. The number of likely N-dealkylation sites (tertiary alicyclic amines) is 1. The monoisotopic (exact) mass is 315 g/mol. The largest absolute Gasteiger partial charge is 0.497 e. The quantitative estimate of drug-likeness (QED) is 0.857. The first-order valence-corrected chi connectivity index (χ1v) is 8.83. The minimum atomic E-state index is 0.111. The molecule has 0 aromatic heterocycles.